The van der Waals surface area contributed by atoms with E-state index in [1.54, 1.807) is 6.08 Å². The van der Waals surface area contributed by atoms with Gasteiger partial charge in [0.1, 0.15) is 0 Å². The Morgan fingerprint density at radius 2 is 1.91 bits per heavy atom. The Bertz CT molecular complexity index is 292. The van der Waals surface area contributed by atoms with Gasteiger partial charge < -0.3 is 0 Å². The number of hydrogen-bond acceptors (Lipinski definition) is 1. The fraction of sp³-hybridized carbons (Fsp3) is 0. The highest BCUT2D eigenvalue weighted by atomic mass is 127. The van der Waals surface area contributed by atoms with Crippen LogP contribution in [0.5, 0.6) is 0 Å². The molecule has 0 radical (unpaired) electrons. The number of nitriles is 1. The van der Waals surface area contributed by atoms with Gasteiger partial charge in [0.15, 0.2) is 0 Å². The number of benzene rings is 1. The van der Waals surface area contributed by atoms with Gasteiger partial charge in [-0.05, 0) is 46.4 Å². The molecular formula is C9H6IN. The summed E-state index contributed by atoms with van der Waals surface area (Å²) in [6.45, 7) is 0. The molecule has 1 aromatic carbocycles. The van der Waals surface area contributed by atoms with Crippen LogP contribution in [-0.2, 0) is 0 Å². The maximum atomic E-state index is 8.24. The maximum absolute atomic E-state index is 8.24. The van der Waals surface area contributed by atoms with E-state index >= 15 is 0 Å². The van der Waals surface area contributed by atoms with Crippen molar-refractivity contribution in [3.05, 3.63) is 39.5 Å². The minimum atomic E-state index is 1.06. The Kier molecular flexibility index (Phi) is 3.12. The Hall–Kier alpha value is -0.820. The summed E-state index contributed by atoms with van der Waals surface area (Å²) in [5.74, 6) is 0. The predicted molar refractivity (Wildman–Crippen MR) is 53.8 cm³/mol. The summed E-state index contributed by atoms with van der Waals surface area (Å²) in [6.07, 6.45) is 3.26. The van der Waals surface area contributed by atoms with Crippen LogP contribution in [0.4, 0.5) is 0 Å². The lowest BCUT2D eigenvalue weighted by Crippen LogP contribution is -1.71. The van der Waals surface area contributed by atoms with Gasteiger partial charge in [-0.3, -0.25) is 0 Å². The van der Waals surface area contributed by atoms with Gasteiger partial charge in [0.25, 0.3) is 0 Å². The molecule has 0 fully saturated rings. The van der Waals surface area contributed by atoms with Crippen molar-refractivity contribution >= 4 is 28.7 Å². The average Bonchev–Trinajstić information content (AvgIpc) is 2.04. The van der Waals surface area contributed by atoms with E-state index in [9.17, 15) is 0 Å². The third-order valence-electron chi connectivity index (χ3n) is 1.22. The number of halogens is 1. The number of rotatable bonds is 1. The minimum absolute atomic E-state index is 1.06. The maximum Gasteiger partial charge on any atom is 0.0912 e. The molecule has 1 aromatic rings. The van der Waals surface area contributed by atoms with Gasteiger partial charge >= 0.3 is 0 Å². The Morgan fingerprint density at radius 1 is 1.27 bits per heavy atom. The lowest BCUT2D eigenvalue weighted by Gasteiger charge is -1.90. The first-order valence-electron chi connectivity index (χ1n) is 3.14. The van der Waals surface area contributed by atoms with E-state index in [1.165, 1.54) is 9.65 Å². The van der Waals surface area contributed by atoms with Gasteiger partial charge in [0.2, 0.25) is 0 Å². The van der Waals surface area contributed by atoms with Gasteiger partial charge in [-0.2, -0.15) is 5.26 Å². The topological polar surface area (TPSA) is 23.8 Å². The second-order valence-corrected chi connectivity index (χ2v) is 3.26. The second-order valence-electron chi connectivity index (χ2n) is 2.01. The van der Waals surface area contributed by atoms with Gasteiger partial charge in [-0.15, -0.1) is 0 Å². The fourth-order valence-electron chi connectivity index (χ4n) is 0.707. The SMILES string of the molecule is N#C/C=C\c1ccc(I)cc1. The smallest absolute Gasteiger partial charge is 0.0912 e. The summed E-state index contributed by atoms with van der Waals surface area (Å²) in [5.41, 5.74) is 1.06. The molecule has 1 rings (SSSR count). The molecule has 0 saturated carbocycles. The van der Waals surface area contributed by atoms with Crippen LogP contribution in [0.2, 0.25) is 0 Å². The van der Waals surface area contributed by atoms with Gasteiger partial charge in [-0.25, -0.2) is 0 Å². The van der Waals surface area contributed by atoms with Gasteiger partial charge in [-0.1, -0.05) is 12.1 Å². The predicted octanol–water partition coefficient (Wildman–Crippen LogP) is 2.83. The molecule has 0 aromatic heterocycles. The molecule has 0 heterocycles. The third-order valence-corrected chi connectivity index (χ3v) is 1.94. The van der Waals surface area contributed by atoms with Crippen molar-refractivity contribution in [1.29, 1.82) is 5.26 Å². The molecule has 1 nitrogen and oxygen atoms in total. The third kappa shape index (κ3) is 2.72. The molecule has 0 bridgehead atoms. The molecule has 54 valence electrons. The van der Waals surface area contributed by atoms with E-state index in [0.717, 1.165) is 5.56 Å². The van der Waals surface area contributed by atoms with Crippen LogP contribution >= 0.6 is 22.6 Å². The Morgan fingerprint density at radius 3 is 2.45 bits per heavy atom. The van der Waals surface area contributed by atoms with Crippen molar-refractivity contribution in [2.75, 3.05) is 0 Å². The second kappa shape index (κ2) is 4.14. The quantitative estimate of drug-likeness (QED) is 0.559. The highest BCUT2D eigenvalue weighted by molar-refractivity contribution is 14.1. The zero-order valence-electron chi connectivity index (χ0n) is 5.79. The molecular weight excluding hydrogens is 249 g/mol. The molecule has 0 saturated heterocycles. The highest BCUT2D eigenvalue weighted by Crippen LogP contribution is 2.07. The van der Waals surface area contributed by atoms with Crippen molar-refractivity contribution in [3.8, 4) is 6.07 Å². The van der Waals surface area contributed by atoms with Crippen molar-refractivity contribution < 1.29 is 0 Å². The lowest BCUT2D eigenvalue weighted by molar-refractivity contribution is 1.53. The zero-order valence-corrected chi connectivity index (χ0v) is 7.95. The van der Waals surface area contributed by atoms with E-state index in [-0.39, 0.29) is 0 Å². The molecule has 0 amide bonds. The molecule has 2 heteroatoms. The van der Waals surface area contributed by atoms with Crippen LogP contribution < -0.4 is 0 Å². The summed E-state index contributed by atoms with van der Waals surface area (Å²) < 4.78 is 1.21. The van der Waals surface area contributed by atoms with Crippen molar-refractivity contribution in [3.63, 3.8) is 0 Å². The van der Waals surface area contributed by atoms with Crippen molar-refractivity contribution in [1.82, 2.24) is 0 Å². The number of allylic oxidation sites excluding steroid dienone is 1. The molecule has 0 aliphatic heterocycles. The van der Waals surface area contributed by atoms with E-state index in [1.807, 2.05) is 30.3 Å². The summed E-state index contributed by atoms with van der Waals surface area (Å²) in [7, 11) is 0. The normalized spacial score (nSPS) is 9.82. The Labute approximate surface area is 79.5 Å². The van der Waals surface area contributed by atoms with Gasteiger partial charge in [0, 0.05) is 9.65 Å². The van der Waals surface area contributed by atoms with Crippen LogP contribution in [0.25, 0.3) is 6.08 Å². The lowest BCUT2D eigenvalue weighted by atomic mass is 10.2. The van der Waals surface area contributed by atoms with Crippen molar-refractivity contribution in [2.24, 2.45) is 0 Å². The van der Waals surface area contributed by atoms with E-state index in [4.69, 9.17) is 5.26 Å². The fourth-order valence-corrected chi connectivity index (χ4v) is 1.07. The summed E-state index contributed by atoms with van der Waals surface area (Å²) in [4.78, 5) is 0. The minimum Gasteiger partial charge on any atom is -0.193 e. The first-order chi connectivity index (χ1) is 5.33. The summed E-state index contributed by atoms with van der Waals surface area (Å²) in [5, 5.41) is 8.24. The standard InChI is InChI=1S/C9H6IN/c10-9-5-3-8(4-6-9)2-1-7-11/h1-6H/b2-1-. The first kappa shape index (κ1) is 8.28. The molecule has 0 atom stereocenters. The van der Waals surface area contributed by atoms with Crippen LogP contribution in [0.3, 0.4) is 0 Å². The summed E-state index contributed by atoms with van der Waals surface area (Å²) >= 11 is 2.25. The van der Waals surface area contributed by atoms with Crippen molar-refractivity contribution in [2.45, 2.75) is 0 Å². The highest BCUT2D eigenvalue weighted by Gasteiger charge is 1.85. The molecule has 0 spiro atoms. The van der Waals surface area contributed by atoms with Crippen LogP contribution in [0, 0.1) is 14.9 Å². The summed E-state index contributed by atoms with van der Waals surface area (Å²) in [6, 6.07) is 9.93. The molecule has 0 aliphatic carbocycles. The zero-order chi connectivity index (χ0) is 8.10. The van der Waals surface area contributed by atoms with E-state index < -0.39 is 0 Å². The number of hydrogen-bond donors (Lipinski definition) is 0. The van der Waals surface area contributed by atoms with Crippen LogP contribution in [0.15, 0.2) is 30.3 Å². The average molecular weight is 255 g/mol. The van der Waals surface area contributed by atoms with Crippen LogP contribution in [0.1, 0.15) is 5.56 Å². The first-order valence-corrected chi connectivity index (χ1v) is 4.22. The van der Waals surface area contributed by atoms with E-state index in [0.29, 0.717) is 0 Å². The molecule has 0 aliphatic rings. The van der Waals surface area contributed by atoms with E-state index in [2.05, 4.69) is 22.6 Å². The Balaban J connectivity index is 2.84. The van der Waals surface area contributed by atoms with Gasteiger partial charge in [0.05, 0.1) is 6.07 Å². The van der Waals surface area contributed by atoms with Crippen LogP contribution in [-0.4, -0.2) is 0 Å². The molecule has 0 N–H and O–H groups in total. The largest absolute Gasteiger partial charge is 0.193 e. The monoisotopic (exact) mass is 255 g/mol. The molecule has 0 unspecified atom stereocenters. The molecule has 11 heavy (non-hydrogen) atoms. The number of nitrogens with zero attached hydrogens (tertiary/aromatic N) is 1.